The van der Waals surface area contributed by atoms with Crippen molar-refractivity contribution in [2.75, 3.05) is 5.73 Å². The van der Waals surface area contributed by atoms with E-state index in [1.165, 1.54) is 0 Å². The molecule has 1 aromatic heterocycles. The summed E-state index contributed by atoms with van der Waals surface area (Å²) in [5, 5.41) is 4.77. The van der Waals surface area contributed by atoms with Crippen LogP contribution in [0.25, 0.3) is 11.3 Å². The molecule has 0 saturated heterocycles. The number of nitrogens with two attached hydrogens (primary N) is 1. The van der Waals surface area contributed by atoms with Gasteiger partial charge in [-0.3, -0.25) is 0 Å². The van der Waals surface area contributed by atoms with Crippen molar-refractivity contribution in [3.05, 3.63) is 34.3 Å². The van der Waals surface area contributed by atoms with Crippen LogP contribution in [0.1, 0.15) is 25.0 Å². The predicted molar refractivity (Wildman–Crippen MR) is 74.6 cm³/mol. The number of aryl methyl sites for hydroxylation is 1. The van der Waals surface area contributed by atoms with Crippen LogP contribution in [0, 0.1) is 12.8 Å². The normalized spacial score (nSPS) is 11.2. The Morgan fingerprint density at radius 2 is 2.11 bits per heavy atom. The Kier molecular flexibility index (Phi) is 3.62. The van der Waals surface area contributed by atoms with Gasteiger partial charge in [0.1, 0.15) is 5.69 Å². The number of nitrogens with zero attached hydrogens (tertiary/aromatic N) is 1. The van der Waals surface area contributed by atoms with E-state index in [4.69, 9.17) is 21.9 Å². The van der Waals surface area contributed by atoms with E-state index in [1.807, 2.05) is 25.1 Å². The summed E-state index contributed by atoms with van der Waals surface area (Å²) in [5.41, 5.74) is 9.72. The average molecular weight is 265 g/mol. The number of hydrogen-bond donors (Lipinski definition) is 1. The summed E-state index contributed by atoms with van der Waals surface area (Å²) in [4.78, 5) is 0. The summed E-state index contributed by atoms with van der Waals surface area (Å²) in [5.74, 6) is 0.892. The molecule has 2 aromatic rings. The summed E-state index contributed by atoms with van der Waals surface area (Å²) >= 11 is 6.04. The number of benzene rings is 1. The van der Waals surface area contributed by atoms with E-state index >= 15 is 0 Å². The molecule has 0 radical (unpaired) electrons. The molecule has 3 nitrogen and oxygen atoms in total. The van der Waals surface area contributed by atoms with Crippen LogP contribution in [-0.2, 0) is 6.42 Å². The van der Waals surface area contributed by atoms with Gasteiger partial charge in [-0.2, -0.15) is 0 Å². The summed E-state index contributed by atoms with van der Waals surface area (Å²) in [6.07, 6.45) is 0.844. The van der Waals surface area contributed by atoms with Crippen molar-refractivity contribution in [3.8, 4) is 11.3 Å². The third-order valence-corrected chi connectivity index (χ3v) is 3.12. The van der Waals surface area contributed by atoms with Gasteiger partial charge in [0.25, 0.3) is 0 Å². The molecule has 0 saturated carbocycles. The van der Waals surface area contributed by atoms with Gasteiger partial charge >= 0.3 is 0 Å². The van der Waals surface area contributed by atoms with Gasteiger partial charge in [0, 0.05) is 16.1 Å². The van der Waals surface area contributed by atoms with Gasteiger partial charge in [0.2, 0.25) is 5.88 Å². The lowest BCUT2D eigenvalue weighted by molar-refractivity contribution is 0.438. The summed E-state index contributed by atoms with van der Waals surface area (Å²) in [6.45, 7) is 6.30. The number of aromatic nitrogens is 1. The van der Waals surface area contributed by atoms with E-state index < -0.39 is 0 Å². The minimum absolute atomic E-state index is 0.401. The van der Waals surface area contributed by atoms with Crippen LogP contribution in [0.5, 0.6) is 0 Å². The Balaban J connectivity index is 2.53. The highest BCUT2D eigenvalue weighted by Gasteiger charge is 2.18. The second-order valence-corrected chi connectivity index (χ2v) is 5.37. The van der Waals surface area contributed by atoms with Crippen LogP contribution in [0.15, 0.2) is 22.7 Å². The minimum atomic E-state index is 0.401. The number of anilines is 1. The third kappa shape index (κ3) is 2.51. The first-order chi connectivity index (χ1) is 8.49. The number of rotatable bonds is 3. The minimum Gasteiger partial charge on any atom is -0.367 e. The van der Waals surface area contributed by atoms with Gasteiger partial charge < -0.3 is 10.3 Å². The van der Waals surface area contributed by atoms with E-state index in [0.717, 1.165) is 28.8 Å². The first-order valence-electron chi connectivity index (χ1n) is 5.99. The fourth-order valence-electron chi connectivity index (χ4n) is 1.99. The second-order valence-electron chi connectivity index (χ2n) is 4.93. The molecule has 0 aliphatic rings. The molecule has 0 spiro atoms. The van der Waals surface area contributed by atoms with Crippen molar-refractivity contribution >= 4 is 17.5 Å². The fraction of sp³-hybridized carbons (Fsp3) is 0.357. The zero-order valence-electron chi connectivity index (χ0n) is 10.8. The maximum absolute atomic E-state index is 6.04. The molecule has 2 N–H and O–H groups in total. The van der Waals surface area contributed by atoms with Gasteiger partial charge in [-0.05, 0) is 37.0 Å². The molecule has 0 aliphatic carbocycles. The van der Waals surface area contributed by atoms with Crippen LogP contribution < -0.4 is 5.73 Å². The zero-order chi connectivity index (χ0) is 13.3. The highest BCUT2D eigenvalue weighted by molar-refractivity contribution is 6.30. The topological polar surface area (TPSA) is 52.0 Å². The molecule has 18 heavy (non-hydrogen) atoms. The van der Waals surface area contributed by atoms with Crippen LogP contribution in [0.2, 0.25) is 5.02 Å². The maximum atomic E-state index is 6.04. The van der Waals surface area contributed by atoms with Crippen LogP contribution in [0.3, 0.4) is 0 Å². The van der Waals surface area contributed by atoms with Gasteiger partial charge in [-0.15, -0.1) is 0 Å². The second kappa shape index (κ2) is 5.02. The lowest BCUT2D eigenvalue weighted by Crippen LogP contribution is -1.99. The fourth-order valence-corrected chi connectivity index (χ4v) is 2.16. The van der Waals surface area contributed by atoms with E-state index in [-0.39, 0.29) is 0 Å². The van der Waals surface area contributed by atoms with Crippen molar-refractivity contribution in [1.29, 1.82) is 0 Å². The quantitative estimate of drug-likeness (QED) is 0.909. The maximum Gasteiger partial charge on any atom is 0.225 e. The highest BCUT2D eigenvalue weighted by atomic mass is 35.5. The van der Waals surface area contributed by atoms with Crippen molar-refractivity contribution in [1.82, 2.24) is 5.16 Å². The molecule has 0 fully saturated rings. The van der Waals surface area contributed by atoms with Crippen molar-refractivity contribution in [3.63, 3.8) is 0 Å². The van der Waals surface area contributed by atoms with Gasteiger partial charge in [0.05, 0.1) is 0 Å². The van der Waals surface area contributed by atoms with Gasteiger partial charge in [-0.1, -0.05) is 36.7 Å². The lowest BCUT2D eigenvalue weighted by atomic mass is 9.97. The van der Waals surface area contributed by atoms with E-state index in [9.17, 15) is 0 Å². The highest BCUT2D eigenvalue weighted by Crippen LogP contribution is 2.32. The Bertz CT molecular complexity index is 561. The molecule has 0 unspecified atom stereocenters. The van der Waals surface area contributed by atoms with Crippen molar-refractivity contribution in [2.24, 2.45) is 5.92 Å². The monoisotopic (exact) mass is 264 g/mol. The molecule has 2 rings (SSSR count). The predicted octanol–water partition coefficient (Wildman–Crippen LogP) is 4.08. The van der Waals surface area contributed by atoms with Crippen molar-refractivity contribution < 1.29 is 4.52 Å². The number of nitrogen functional groups attached to an aromatic ring is 1. The van der Waals surface area contributed by atoms with Gasteiger partial charge in [-0.25, -0.2) is 0 Å². The lowest BCUT2D eigenvalue weighted by Gasteiger charge is -2.07. The Morgan fingerprint density at radius 1 is 1.39 bits per heavy atom. The molecule has 0 amide bonds. The van der Waals surface area contributed by atoms with Crippen LogP contribution in [0.4, 0.5) is 5.88 Å². The molecule has 96 valence electrons. The van der Waals surface area contributed by atoms with Crippen LogP contribution >= 0.6 is 11.6 Å². The SMILES string of the molecule is Cc1ccc(Cl)cc1-c1noc(N)c1CC(C)C. The zero-order valence-corrected chi connectivity index (χ0v) is 11.6. The summed E-state index contributed by atoms with van der Waals surface area (Å²) in [7, 11) is 0. The Hall–Kier alpha value is -1.48. The molecule has 1 heterocycles. The molecule has 4 heteroatoms. The Labute approximate surface area is 112 Å². The molecular formula is C14H17ClN2O. The van der Waals surface area contributed by atoms with E-state index in [1.54, 1.807) is 0 Å². The smallest absolute Gasteiger partial charge is 0.225 e. The number of halogens is 1. The number of hydrogen-bond acceptors (Lipinski definition) is 3. The summed E-state index contributed by atoms with van der Waals surface area (Å²) in [6, 6.07) is 5.74. The third-order valence-electron chi connectivity index (χ3n) is 2.89. The molecule has 1 aromatic carbocycles. The molecule has 0 aliphatic heterocycles. The van der Waals surface area contributed by atoms with Gasteiger partial charge in [0.15, 0.2) is 0 Å². The first kappa shape index (κ1) is 13.0. The largest absolute Gasteiger partial charge is 0.367 e. The standard InChI is InChI=1S/C14H17ClN2O/c1-8(2)6-12-13(17-18-14(12)16)11-7-10(15)5-4-9(11)3/h4-5,7-8H,6,16H2,1-3H3. The van der Waals surface area contributed by atoms with Crippen molar-refractivity contribution in [2.45, 2.75) is 27.2 Å². The van der Waals surface area contributed by atoms with Crippen LogP contribution in [-0.4, -0.2) is 5.16 Å². The van der Waals surface area contributed by atoms with E-state index in [2.05, 4.69) is 19.0 Å². The molecular weight excluding hydrogens is 248 g/mol. The Morgan fingerprint density at radius 3 is 2.78 bits per heavy atom. The average Bonchev–Trinajstić information content (AvgIpc) is 2.64. The molecule has 0 bridgehead atoms. The summed E-state index contributed by atoms with van der Waals surface area (Å²) < 4.78 is 5.13. The van der Waals surface area contributed by atoms with E-state index in [0.29, 0.717) is 16.8 Å². The molecule has 0 atom stereocenters. The first-order valence-corrected chi connectivity index (χ1v) is 6.37.